The fourth-order valence-electron chi connectivity index (χ4n) is 2.30. The van der Waals surface area contributed by atoms with Crippen molar-refractivity contribution in [3.05, 3.63) is 29.6 Å². The quantitative estimate of drug-likeness (QED) is 0.824. The number of carbonyl (C=O) groups is 2. The van der Waals surface area contributed by atoms with Crippen molar-refractivity contribution in [2.75, 3.05) is 18.0 Å². The number of rotatable bonds is 3. The molecule has 0 radical (unpaired) electrons. The Labute approximate surface area is 105 Å². The van der Waals surface area contributed by atoms with E-state index in [1.165, 1.54) is 13.0 Å². The monoisotopic (exact) mass is 250 g/mol. The lowest BCUT2D eigenvalue weighted by Crippen LogP contribution is -2.35. The second kappa shape index (κ2) is 5.16. The highest BCUT2D eigenvalue weighted by atomic mass is 19.1. The Kier molecular flexibility index (Phi) is 3.60. The van der Waals surface area contributed by atoms with Crippen molar-refractivity contribution in [1.82, 2.24) is 5.32 Å². The summed E-state index contributed by atoms with van der Waals surface area (Å²) in [5.41, 5.74) is 0.679. The number of hydrogen-bond acceptors (Lipinski definition) is 3. The van der Waals surface area contributed by atoms with Crippen LogP contribution in [0.4, 0.5) is 10.1 Å². The molecular formula is C13H15FN2O2. The third kappa shape index (κ3) is 2.50. The number of hydrogen-bond donors (Lipinski definition) is 1. The molecule has 1 unspecified atom stereocenters. The van der Waals surface area contributed by atoms with Gasteiger partial charge in [-0.05, 0) is 18.6 Å². The minimum Gasteiger partial charge on any atom is -0.369 e. The molecule has 0 saturated carbocycles. The summed E-state index contributed by atoms with van der Waals surface area (Å²) in [5.74, 6) is -0.581. The second-order valence-corrected chi connectivity index (χ2v) is 4.42. The molecule has 96 valence electrons. The van der Waals surface area contributed by atoms with Gasteiger partial charge in [0.1, 0.15) is 5.82 Å². The Bertz CT molecular complexity index is 476. The first kappa shape index (κ1) is 12.5. The van der Waals surface area contributed by atoms with Crippen LogP contribution < -0.4 is 10.2 Å². The highest BCUT2D eigenvalue weighted by Crippen LogP contribution is 2.25. The van der Waals surface area contributed by atoms with Crippen LogP contribution >= 0.6 is 0 Å². The fourth-order valence-corrected chi connectivity index (χ4v) is 2.30. The maximum absolute atomic E-state index is 13.5. The number of nitrogens with one attached hydrogen (secondary N) is 1. The predicted molar refractivity (Wildman–Crippen MR) is 66.2 cm³/mol. The van der Waals surface area contributed by atoms with Gasteiger partial charge in [-0.3, -0.25) is 9.59 Å². The first-order valence-corrected chi connectivity index (χ1v) is 5.87. The lowest BCUT2D eigenvalue weighted by molar-refractivity contribution is -0.119. The number of benzene rings is 1. The van der Waals surface area contributed by atoms with Gasteiger partial charge in [-0.15, -0.1) is 0 Å². The van der Waals surface area contributed by atoms with Crippen molar-refractivity contribution in [2.24, 2.45) is 0 Å². The number of carbonyl (C=O) groups excluding carboxylic acids is 2. The molecule has 5 heteroatoms. The summed E-state index contributed by atoms with van der Waals surface area (Å²) in [4.78, 5) is 23.8. The number of amides is 1. The number of nitrogens with zero attached hydrogens (tertiary/aromatic N) is 1. The molecule has 1 heterocycles. The van der Waals surface area contributed by atoms with Crippen LogP contribution in [0.5, 0.6) is 0 Å². The molecule has 0 aromatic heterocycles. The van der Waals surface area contributed by atoms with Crippen LogP contribution in [0, 0.1) is 5.82 Å². The highest BCUT2D eigenvalue weighted by Gasteiger charge is 2.25. The smallest absolute Gasteiger partial charge is 0.217 e. The average molecular weight is 250 g/mol. The molecule has 4 nitrogen and oxygen atoms in total. The summed E-state index contributed by atoms with van der Waals surface area (Å²) in [5, 5.41) is 2.83. The van der Waals surface area contributed by atoms with Crippen molar-refractivity contribution < 1.29 is 14.0 Å². The summed E-state index contributed by atoms with van der Waals surface area (Å²) in [6, 6.07) is 4.64. The SMILES string of the molecule is CC(=O)NC1CCN(c2cccc(F)c2C=O)C1. The Morgan fingerprint density at radius 2 is 2.33 bits per heavy atom. The van der Waals surface area contributed by atoms with E-state index in [4.69, 9.17) is 0 Å². The zero-order valence-corrected chi connectivity index (χ0v) is 10.1. The third-order valence-electron chi connectivity index (χ3n) is 3.08. The zero-order chi connectivity index (χ0) is 13.1. The molecule has 1 atom stereocenters. The van der Waals surface area contributed by atoms with Gasteiger partial charge in [0.25, 0.3) is 0 Å². The van der Waals surface area contributed by atoms with Crippen LogP contribution in [-0.2, 0) is 4.79 Å². The number of anilines is 1. The molecular weight excluding hydrogens is 235 g/mol. The minimum absolute atomic E-state index is 0.0604. The second-order valence-electron chi connectivity index (χ2n) is 4.42. The molecule has 1 amide bonds. The standard InChI is InChI=1S/C13H15FN2O2/c1-9(18)15-10-5-6-16(7-10)13-4-2-3-12(14)11(13)8-17/h2-4,8,10H,5-7H2,1H3,(H,15,18). The fraction of sp³-hybridized carbons (Fsp3) is 0.385. The van der Waals surface area contributed by atoms with Gasteiger partial charge in [0, 0.05) is 26.1 Å². The van der Waals surface area contributed by atoms with Crippen molar-refractivity contribution in [2.45, 2.75) is 19.4 Å². The number of aldehydes is 1. The molecule has 2 rings (SSSR count). The van der Waals surface area contributed by atoms with Gasteiger partial charge in [-0.25, -0.2) is 4.39 Å². The van der Waals surface area contributed by atoms with Gasteiger partial charge in [0.2, 0.25) is 5.91 Å². The van der Waals surface area contributed by atoms with E-state index in [9.17, 15) is 14.0 Å². The first-order chi connectivity index (χ1) is 8.61. The van der Waals surface area contributed by atoms with Crippen LogP contribution in [0.15, 0.2) is 18.2 Å². The van der Waals surface area contributed by atoms with E-state index in [0.717, 1.165) is 6.42 Å². The molecule has 0 aliphatic carbocycles. The molecule has 18 heavy (non-hydrogen) atoms. The lowest BCUT2D eigenvalue weighted by atomic mass is 10.1. The van der Waals surface area contributed by atoms with Gasteiger partial charge < -0.3 is 10.2 Å². The van der Waals surface area contributed by atoms with E-state index in [0.29, 0.717) is 25.1 Å². The van der Waals surface area contributed by atoms with Crippen LogP contribution in [-0.4, -0.2) is 31.3 Å². The molecule has 1 aliphatic heterocycles. The molecule has 1 saturated heterocycles. The Morgan fingerprint density at radius 1 is 1.56 bits per heavy atom. The van der Waals surface area contributed by atoms with Crippen molar-refractivity contribution in [3.63, 3.8) is 0 Å². The van der Waals surface area contributed by atoms with E-state index in [1.54, 1.807) is 12.1 Å². The first-order valence-electron chi connectivity index (χ1n) is 5.87. The van der Waals surface area contributed by atoms with Crippen LogP contribution in [0.1, 0.15) is 23.7 Å². The molecule has 0 spiro atoms. The molecule has 1 N–H and O–H groups in total. The zero-order valence-electron chi connectivity index (χ0n) is 10.1. The van der Waals surface area contributed by atoms with Crippen LogP contribution in [0.3, 0.4) is 0 Å². The maximum atomic E-state index is 13.5. The van der Waals surface area contributed by atoms with E-state index in [2.05, 4.69) is 5.32 Å². The Balaban J connectivity index is 2.16. The van der Waals surface area contributed by atoms with E-state index in [1.807, 2.05) is 4.90 Å². The van der Waals surface area contributed by atoms with Gasteiger partial charge >= 0.3 is 0 Å². The lowest BCUT2D eigenvalue weighted by Gasteiger charge is -2.20. The highest BCUT2D eigenvalue weighted by molar-refractivity contribution is 5.85. The Morgan fingerprint density at radius 3 is 3.00 bits per heavy atom. The third-order valence-corrected chi connectivity index (χ3v) is 3.08. The van der Waals surface area contributed by atoms with Gasteiger partial charge in [-0.1, -0.05) is 6.07 Å². The van der Waals surface area contributed by atoms with E-state index >= 15 is 0 Å². The normalized spacial score (nSPS) is 18.8. The van der Waals surface area contributed by atoms with Crippen LogP contribution in [0.25, 0.3) is 0 Å². The molecule has 1 fully saturated rings. The summed E-state index contributed by atoms with van der Waals surface area (Å²) in [7, 11) is 0. The van der Waals surface area contributed by atoms with Crippen LogP contribution in [0.2, 0.25) is 0 Å². The summed E-state index contributed by atoms with van der Waals surface area (Å²) in [6.45, 7) is 2.78. The number of halogens is 1. The maximum Gasteiger partial charge on any atom is 0.217 e. The van der Waals surface area contributed by atoms with Crippen molar-refractivity contribution in [3.8, 4) is 0 Å². The van der Waals surface area contributed by atoms with Gasteiger partial charge in [-0.2, -0.15) is 0 Å². The van der Waals surface area contributed by atoms with Crippen molar-refractivity contribution in [1.29, 1.82) is 0 Å². The molecule has 1 aromatic carbocycles. The topological polar surface area (TPSA) is 49.4 Å². The summed E-state index contributed by atoms with van der Waals surface area (Å²) >= 11 is 0. The Hall–Kier alpha value is -1.91. The largest absolute Gasteiger partial charge is 0.369 e. The molecule has 0 bridgehead atoms. The molecule has 1 aliphatic rings. The average Bonchev–Trinajstić information content (AvgIpc) is 2.76. The summed E-state index contributed by atoms with van der Waals surface area (Å²) in [6.07, 6.45) is 1.34. The minimum atomic E-state index is -0.509. The van der Waals surface area contributed by atoms with E-state index < -0.39 is 5.82 Å². The molecule has 1 aromatic rings. The summed E-state index contributed by atoms with van der Waals surface area (Å²) < 4.78 is 13.5. The van der Waals surface area contributed by atoms with E-state index in [-0.39, 0.29) is 17.5 Å². The van der Waals surface area contributed by atoms with Crippen molar-refractivity contribution >= 4 is 17.9 Å². The van der Waals surface area contributed by atoms with Gasteiger partial charge in [0.05, 0.1) is 11.3 Å². The van der Waals surface area contributed by atoms with Gasteiger partial charge in [0.15, 0.2) is 6.29 Å². The predicted octanol–water partition coefficient (Wildman–Crippen LogP) is 1.35.